The van der Waals surface area contributed by atoms with Crippen molar-refractivity contribution >= 4 is 29.4 Å². The summed E-state index contributed by atoms with van der Waals surface area (Å²) in [5.41, 5.74) is 0.939. The summed E-state index contributed by atoms with van der Waals surface area (Å²) in [5, 5.41) is 9.74. The standard InChI is InChI=1S/C20H18ClFN2O4/c21-16-4-2-1-3-14(16)12-23-9-10-24(17(20(23)28)11-18(25)26)19(27)13-5-7-15(22)8-6-13/h1-8,17H,9-12H2,(H,25,26). The van der Waals surface area contributed by atoms with Crippen LogP contribution < -0.4 is 0 Å². The Morgan fingerprint density at radius 3 is 2.43 bits per heavy atom. The second kappa shape index (κ2) is 8.39. The first kappa shape index (κ1) is 19.8. The van der Waals surface area contributed by atoms with Crippen molar-refractivity contribution in [3.05, 3.63) is 70.5 Å². The van der Waals surface area contributed by atoms with Crippen LogP contribution in [0.4, 0.5) is 4.39 Å². The molecular weight excluding hydrogens is 387 g/mol. The van der Waals surface area contributed by atoms with E-state index in [1.807, 2.05) is 0 Å². The molecule has 0 bridgehead atoms. The lowest BCUT2D eigenvalue weighted by Gasteiger charge is -2.40. The summed E-state index contributed by atoms with van der Waals surface area (Å²) in [6, 6.07) is 10.9. The fourth-order valence-electron chi connectivity index (χ4n) is 3.19. The van der Waals surface area contributed by atoms with Crippen molar-refractivity contribution in [1.29, 1.82) is 0 Å². The molecule has 1 heterocycles. The van der Waals surface area contributed by atoms with Crippen molar-refractivity contribution in [3.8, 4) is 0 Å². The molecule has 1 N–H and O–H groups in total. The van der Waals surface area contributed by atoms with Crippen LogP contribution in [0.15, 0.2) is 48.5 Å². The van der Waals surface area contributed by atoms with Gasteiger partial charge in [0, 0.05) is 30.2 Å². The molecule has 2 aromatic carbocycles. The Balaban J connectivity index is 1.82. The Hall–Kier alpha value is -2.93. The smallest absolute Gasteiger partial charge is 0.305 e. The van der Waals surface area contributed by atoms with Crippen LogP contribution in [0.5, 0.6) is 0 Å². The second-order valence-corrected chi connectivity index (χ2v) is 6.88. The highest BCUT2D eigenvalue weighted by molar-refractivity contribution is 6.31. The summed E-state index contributed by atoms with van der Waals surface area (Å²) in [6.45, 7) is 0.644. The third-order valence-corrected chi connectivity index (χ3v) is 4.99. The number of piperazine rings is 1. The zero-order valence-electron chi connectivity index (χ0n) is 14.8. The van der Waals surface area contributed by atoms with Gasteiger partial charge in [-0.1, -0.05) is 29.8 Å². The number of amides is 2. The van der Waals surface area contributed by atoms with Crippen molar-refractivity contribution in [2.24, 2.45) is 0 Å². The number of rotatable bonds is 5. The van der Waals surface area contributed by atoms with E-state index in [9.17, 15) is 23.9 Å². The van der Waals surface area contributed by atoms with Gasteiger partial charge in [-0.25, -0.2) is 4.39 Å². The van der Waals surface area contributed by atoms with Gasteiger partial charge in [-0.15, -0.1) is 0 Å². The molecule has 1 unspecified atom stereocenters. The Morgan fingerprint density at radius 2 is 1.79 bits per heavy atom. The first-order valence-corrected chi connectivity index (χ1v) is 9.05. The van der Waals surface area contributed by atoms with E-state index in [0.717, 1.165) is 17.7 Å². The van der Waals surface area contributed by atoms with Gasteiger partial charge < -0.3 is 14.9 Å². The highest BCUT2D eigenvalue weighted by Crippen LogP contribution is 2.23. The van der Waals surface area contributed by atoms with E-state index in [1.54, 1.807) is 24.3 Å². The number of halogens is 2. The molecule has 0 spiro atoms. The summed E-state index contributed by atoms with van der Waals surface area (Å²) in [7, 11) is 0. The summed E-state index contributed by atoms with van der Waals surface area (Å²) in [6.07, 6.45) is -0.509. The zero-order valence-corrected chi connectivity index (χ0v) is 15.6. The molecule has 2 aromatic rings. The highest BCUT2D eigenvalue weighted by Gasteiger charge is 2.39. The van der Waals surface area contributed by atoms with E-state index in [-0.39, 0.29) is 25.2 Å². The van der Waals surface area contributed by atoms with Crippen LogP contribution in [-0.4, -0.2) is 51.8 Å². The molecule has 1 aliphatic rings. The zero-order chi connectivity index (χ0) is 20.3. The molecule has 1 saturated heterocycles. The number of aliphatic carboxylic acids is 1. The minimum Gasteiger partial charge on any atom is -0.481 e. The summed E-state index contributed by atoms with van der Waals surface area (Å²) >= 11 is 6.16. The topological polar surface area (TPSA) is 77.9 Å². The highest BCUT2D eigenvalue weighted by atomic mass is 35.5. The number of carboxylic acid groups (broad SMARTS) is 1. The largest absolute Gasteiger partial charge is 0.481 e. The molecule has 1 atom stereocenters. The van der Waals surface area contributed by atoms with Gasteiger partial charge in [0.2, 0.25) is 5.91 Å². The first-order valence-electron chi connectivity index (χ1n) is 8.67. The number of carboxylic acids is 1. The SMILES string of the molecule is O=C(O)CC1C(=O)N(Cc2ccccc2Cl)CCN1C(=O)c1ccc(F)cc1. The second-order valence-electron chi connectivity index (χ2n) is 6.47. The number of carbonyl (C=O) groups excluding carboxylic acids is 2. The van der Waals surface area contributed by atoms with Crippen molar-refractivity contribution < 1.29 is 23.9 Å². The van der Waals surface area contributed by atoms with Crippen LogP contribution in [0.1, 0.15) is 22.3 Å². The molecule has 146 valence electrons. The van der Waals surface area contributed by atoms with Crippen LogP contribution in [0.25, 0.3) is 0 Å². The Kier molecular flexibility index (Phi) is 5.94. The van der Waals surface area contributed by atoms with E-state index < -0.39 is 36.1 Å². The molecule has 1 aliphatic heterocycles. The quantitative estimate of drug-likeness (QED) is 0.831. The number of hydrogen-bond donors (Lipinski definition) is 1. The van der Waals surface area contributed by atoms with Gasteiger partial charge in [0.05, 0.1) is 6.42 Å². The fourth-order valence-corrected chi connectivity index (χ4v) is 3.39. The van der Waals surface area contributed by atoms with Crippen LogP contribution in [0.3, 0.4) is 0 Å². The van der Waals surface area contributed by atoms with Crippen molar-refractivity contribution in [3.63, 3.8) is 0 Å². The average Bonchev–Trinajstić information content (AvgIpc) is 2.66. The molecular formula is C20H18ClFN2O4. The number of benzene rings is 2. The predicted molar refractivity (Wildman–Crippen MR) is 100 cm³/mol. The summed E-state index contributed by atoms with van der Waals surface area (Å²) in [5.74, 6) is -2.63. The van der Waals surface area contributed by atoms with Gasteiger partial charge in [0.25, 0.3) is 5.91 Å². The molecule has 8 heteroatoms. The summed E-state index contributed by atoms with van der Waals surface area (Å²) < 4.78 is 13.1. The first-order chi connectivity index (χ1) is 13.4. The number of nitrogens with zero attached hydrogens (tertiary/aromatic N) is 2. The number of hydrogen-bond acceptors (Lipinski definition) is 3. The Bertz CT molecular complexity index is 903. The lowest BCUT2D eigenvalue weighted by atomic mass is 10.0. The molecule has 6 nitrogen and oxygen atoms in total. The number of carbonyl (C=O) groups is 3. The average molecular weight is 405 g/mol. The lowest BCUT2D eigenvalue weighted by molar-refractivity contribution is -0.148. The van der Waals surface area contributed by atoms with Crippen LogP contribution >= 0.6 is 11.6 Å². The predicted octanol–water partition coefficient (Wildman–Crippen LogP) is 2.81. The maximum Gasteiger partial charge on any atom is 0.305 e. The Morgan fingerprint density at radius 1 is 1.11 bits per heavy atom. The molecule has 28 heavy (non-hydrogen) atoms. The monoisotopic (exact) mass is 404 g/mol. The van der Waals surface area contributed by atoms with Crippen molar-refractivity contribution in [2.45, 2.75) is 19.0 Å². The van der Waals surface area contributed by atoms with Crippen LogP contribution in [0, 0.1) is 5.82 Å². The molecule has 1 fully saturated rings. The molecule has 0 aromatic heterocycles. The van der Waals surface area contributed by atoms with Crippen LogP contribution in [0.2, 0.25) is 5.02 Å². The fraction of sp³-hybridized carbons (Fsp3) is 0.250. The molecule has 3 rings (SSSR count). The minimum absolute atomic E-state index is 0.171. The van der Waals surface area contributed by atoms with E-state index in [0.29, 0.717) is 5.02 Å². The third kappa shape index (κ3) is 4.31. The molecule has 0 saturated carbocycles. The molecule has 0 radical (unpaired) electrons. The van der Waals surface area contributed by atoms with Gasteiger partial charge in [-0.05, 0) is 35.9 Å². The normalized spacial score (nSPS) is 16.9. The maximum absolute atomic E-state index is 13.1. The van der Waals surface area contributed by atoms with E-state index in [2.05, 4.69) is 0 Å². The maximum atomic E-state index is 13.1. The van der Waals surface area contributed by atoms with E-state index in [4.69, 9.17) is 11.6 Å². The van der Waals surface area contributed by atoms with Crippen LogP contribution in [-0.2, 0) is 16.1 Å². The third-order valence-electron chi connectivity index (χ3n) is 4.62. The Labute approximate surface area is 166 Å². The lowest BCUT2D eigenvalue weighted by Crippen LogP contribution is -2.59. The van der Waals surface area contributed by atoms with Crippen molar-refractivity contribution in [2.75, 3.05) is 13.1 Å². The van der Waals surface area contributed by atoms with E-state index >= 15 is 0 Å². The summed E-state index contributed by atoms with van der Waals surface area (Å²) in [4.78, 5) is 39.8. The minimum atomic E-state index is -1.19. The van der Waals surface area contributed by atoms with Gasteiger partial charge in [0.15, 0.2) is 0 Å². The van der Waals surface area contributed by atoms with Gasteiger partial charge in [0.1, 0.15) is 11.9 Å². The molecule has 2 amide bonds. The van der Waals surface area contributed by atoms with E-state index in [1.165, 1.54) is 21.9 Å². The molecule has 0 aliphatic carbocycles. The van der Waals surface area contributed by atoms with Gasteiger partial charge >= 0.3 is 5.97 Å². The van der Waals surface area contributed by atoms with Gasteiger partial charge in [-0.3, -0.25) is 14.4 Å². The van der Waals surface area contributed by atoms with Gasteiger partial charge in [-0.2, -0.15) is 0 Å². The van der Waals surface area contributed by atoms with Crippen molar-refractivity contribution in [1.82, 2.24) is 9.80 Å².